The average Bonchev–Trinajstić information content (AvgIpc) is 3.26. The number of nitro groups is 1. The van der Waals surface area contributed by atoms with Crippen LogP contribution in [0.1, 0.15) is 11.3 Å². The van der Waals surface area contributed by atoms with Crippen molar-refractivity contribution in [3.05, 3.63) is 86.0 Å². The summed E-state index contributed by atoms with van der Waals surface area (Å²) in [5.41, 5.74) is 1.77. The number of anilines is 1. The zero-order chi connectivity index (χ0) is 21.4. The van der Waals surface area contributed by atoms with Gasteiger partial charge in [-0.3, -0.25) is 19.8 Å². The molecule has 0 spiro atoms. The lowest BCUT2D eigenvalue weighted by molar-refractivity contribution is -0.385. The summed E-state index contributed by atoms with van der Waals surface area (Å²) in [6, 6.07) is 15.2. The number of thiocarbonyl (C=S) groups is 1. The van der Waals surface area contributed by atoms with Crippen molar-refractivity contribution < 1.29 is 14.1 Å². The summed E-state index contributed by atoms with van der Waals surface area (Å²) < 4.78 is 6.20. The van der Waals surface area contributed by atoms with Gasteiger partial charge in [0, 0.05) is 28.3 Å². The number of thioether (sulfide) groups is 1. The van der Waals surface area contributed by atoms with E-state index in [1.165, 1.54) is 22.7 Å². The number of nitrogens with zero attached hydrogens (tertiary/aromatic N) is 2. The Morgan fingerprint density at radius 1 is 1.20 bits per heavy atom. The number of carbonyl (C=O) groups is 1. The third-order valence-corrected chi connectivity index (χ3v) is 5.99. The van der Waals surface area contributed by atoms with Crippen LogP contribution >= 0.6 is 35.6 Å². The molecule has 1 aliphatic heterocycles. The zero-order valence-corrected chi connectivity index (χ0v) is 17.9. The fourth-order valence-corrected chi connectivity index (χ4v) is 4.44. The second kappa shape index (κ2) is 8.06. The Hall–Kier alpha value is -2.94. The van der Waals surface area contributed by atoms with Crippen LogP contribution in [0.25, 0.3) is 17.4 Å². The van der Waals surface area contributed by atoms with E-state index < -0.39 is 4.92 Å². The van der Waals surface area contributed by atoms with E-state index in [4.69, 9.17) is 28.2 Å². The van der Waals surface area contributed by atoms with Gasteiger partial charge in [-0.15, -0.1) is 0 Å². The monoisotopic (exact) mass is 456 g/mol. The van der Waals surface area contributed by atoms with Gasteiger partial charge in [-0.2, -0.15) is 0 Å². The maximum Gasteiger partial charge on any atom is 0.273 e. The topological polar surface area (TPSA) is 76.6 Å². The molecule has 0 unspecified atom stereocenters. The molecule has 0 aliphatic carbocycles. The fourth-order valence-electron chi connectivity index (χ4n) is 2.98. The lowest BCUT2D eigenvalue weighted by Gasteiger charge is -2.14. The van der Waals surface area contributed by atoms with Crippen LogP contribution in [0.3, 0.4) is 0 Å². The number of benzene rings is 2. The van der Waals surface area contributed by atoms with Crippen LogP contribution in [0.5, 0.6) is 0 Å². The number of halogens is 1. The number of hydrogen-bond donors (Lipinski definition) is 0. The number of hydrogen-bond acceptors (Lipinski definition) is 6. The van der Waals surface area contributed by atoms with E-state index in [0.717, 1.165) is 0 Å². The van der Waals surface area contributed by atoms with E-state index in [-0.39, 0.29) is 11.6 Å². The molecule has 3 aromatic rings. The fraction of sp³-hybridized carbons (Fsp3) is 0.0476. The summed E-state index contributed by atoms with van der Waals surface area (Å²) in [5.74, 6) is 0.644. The molecule has 0 radical (unpaired) electrons. The van der Waals surface area contributed by atoms with Gasteiger partial charge in [0.2, 0.25) is 0 Å². The van der Waals surface area contributed by atoms with Crippen molar-refractivity contribution in [2.24, 2.45) is 0 Å². The predicted octanol–water partition coefficient (Wildman–Crippen LogP) is 6.22. The van der Waals surface area contributed by atoms with Crippen LogP contribution < -0.4 is 4.90 Å². The second-order valence-electron chi connectivity index (χ2n) is 6.46. The molecule has 9 heteroatoms. The first-order chi connectivity index (χ1) is 14.3. The van der Waals surface area contributed by atoms with E-state index in [0.29, 0.717) is 42.6 Å². The molecule has 2 heterocycles. The Balaban J connectivity index is 1.62. The summed E-state index contributed by atoms with van der Waals surface area (Å²) in [6.07, 6.45) is 1.61. The molecule has 1 aromatic heterocycles. The standard InChI is InChI=1S/C21H13ClN2O4S2/c1-12-5-6-13(9-17(12)24(26)27)18-8-7-16(28-18)11-19-20(25)23(21(29)30-19)15-4-2-3-14(22)10-15/h2-11H,1H3/b19-11-. The molecule has 30 heavy (non-hydrogen) atoms. The van der Waals surface area contributed by atoms with Gasteiger partial charge in [0.15, 0.2) is 4.32 Å². The molecule has 150 valence electrons. The average molecular weight is 457 g/mol. The van der Waals surface area contributed by atoms with Crippen molar-refractivity contribution in [2.45, 2.75) is 6.92 Å². The van der Waals surface area contributed by atoms with Crippen LogP contribution in [0.2, 0.25) is 5.02 Å². The summed E-state index contributed by atoms with van der Waals surface area (Å²) >= 11 is 12.6. The van der Waals surface area contributed by atoms with Gasteiger partial charge in [-0.1, -0.05) is 53.8 Å². The van der Waals surface area contributed by atoms with Gasteiger partial charge in [0.1, 0.15) is 11.5 Å². The summed E-state index contributed by atoms with van der Waals surface area (Å²) in [6.45, 7) is 1.68. The molecule has 0 N–H and O–H groups in total. The quantitative estimate of drug-likeness (QED) is 0.201. The Kier molecular flexibility index (Phi) is 5.46. The molecular weight excluding hydrogens is 444 g/mol. The molecule has 1 fully saturated rings. The molecule has 0 bridgehead atoms. The number of rotatable bonds is 4. The van der Waals surface area contributed by atoms with E-state index in [1.54, 1.807) is 61.5 Å². The Morgan fingerprint density at radius 3 is 2.73 bits per heavy atom. The normalized spacial score (nSPS) is 15.3. The lowest BCUT2D eigenvalue weighted by atomic mass is 10.1. The van der Waals surface area contributed by atoms with Crippen LogP contribution in [-0.2, 0) is 4.79 Å². The molecule has 1 saturated heterocycles. The zero-order valence-electron chi connectivity index (χ0n) is 15.5. The maximum atomic E-state index is 12.9. The SMILES string of the molecule is Cc1ccc(-c2ccc(/C=C3\SC(=S)N(c4cccc(Cl)c4)C3=O)o2)cc1[N+](=O)[O-]. The minimum atomic E-state index is -0.427. The van der Waals surface area contributed by atoms with Crippen molar-refractivity contribution in [3.8, 4) is 11.3 Å². The highest BCUT2D eigenvalue weighted by Gasteiger charge is 2.33. The summed E-state index contributed by atoms with van der Waals surface area (Å²) in [7, 11) is 0. The van der Waals surface area contributed by atoms with Gasteiger partial charge < -0.3 is 4.42 Å². The maximum absolute atomic E-state index is 12.9. The van der Waals surface area contributed by atoms with E-state index in [9.17, 15) is 14.9 Å². The van der Waals surface area contributed by atoms with E-state index >= 15 is 0 Å². The highest BCUT2D eigenvalue weighted by molar-refractivity contribution is 8.27. The number of aryl methyl sites for hydroxylation is 1. The van der Waals surface area contributed by atoms with Gasteiger partial charge in [0.25, 0.3) is 11.6 Å². The molecule has 1 amide bonds. The molecule has 0 saturated carbocycles. The first-order valence-corrected chi connectivity index (χ1v) is 10.3. The van der Waals surface area contributed by atoms with Crippen LogP contribution in [0, 0.1) is 17.0 Å². The van der Waals surface area contributed by atoms with Gasteiger partial charge in [-0.05, 0) is 37.3 Å². The largest absolute Gasteiger partial charge is 0.457 e. The first kappa shape index (κ1) is 20.3. The Bertz CT molecular complexity index is 1240. The summed E-state index contributed by atoms with van der Waals surface area (Å²) in [4.78, 5) is 25.4. The van der Waals surface area contributed by atoms with Crippen molar-refractivity contribution >= 4 is 63.3 Å². The number of nitro benzene ring substituents is 1. The molecule has 1 aliphatic rings. The van der Waals surface area contributed by atoms with Crippen molar-refractivity contribution in [1.82, 2.24) is 0 Å². The van der Waals surface area contributed by atoms with Crippen LogP contribution in [0.4, 0.5) is 11.4 Å². The molecular formula is C21H13ClN2O4S2. The van der Waals surface area contributed by atoms with Gasteiger partial charge in [-0.25, -0.2) is 0 Å². The van der Waals surface area contributed by atoms with Crippen LogP contribution in [0.15, 0.2) is 63.9 Å². The third-order valence-electron chi connectivity index (χ3n) is 4.45. The number of furan rings is 1. The second-order valence-corrected chi connectivity index (χ2v) is 8.57. The number of amides is 1. The molecule has 4 rings (SSSR count). The molecule has 2 aromatic carbocycles. The third kappa shape index (κ3) is 3.89. The Labute approximate surface area is 186 Å². The van der Waals surface area contributed by atoms with E-state index in [1.807, 2.05) is 0 Å². The van der Waals surface area contributed by atoms with E-state index in [2.05, 4.69) is 0 Å². The van der Waals surface area contributed by atoms with Crippen molar-refractivity contribution in [3.63, 3.8) is 0 Å². The lowest BCUT2D eigenvalue weighted by Crippen LogP contribution is -2.27. The van der Waals surface area contributed by atoms with Crippen molar-refractivity contribution in [2.75, 3.05) is 4.90 Å². The van der Waals surface area contributed by atoms with Crippen molar-refractivity contribution in [1.29, 1.82) is 0 Å². The minimum Gasteiger partial charge on any atom is -0.457 e. The van der Waals surface area contributed by atoms with Crippen LogP contribution in [-0.4, -0.2) is 15.2 Å². The Morgan fingerprint density at radius 2 is 2.00 bits per heavy atom. The highest BCUT2D eigenvalue weighted by Crippen LogP contribution is 2.37. The first-order valence-electron chi connectivity index (χ1n) is 8.72. The number of carbonyl (C=O) groups excluding carboxylic acids is 1. The smallest absolute Gasteiger partial charge is 0.273 e. The predicted molar refractivity (Wildman–Crippen MR) is 123 cm³/mol. The molecule has 0 atom stereocenters. The highest BCUT2D eigenvalue weighted by atomic mass is 35.5. The molecule has 6 nitrogen and oxygen atoms in total. The summed E-state index contributed by atoms with van der Waals surface area (Å²) in [5, 5.41) is 11.7. The van der Waals surface area contributed by atoms with Gasteiger partial charge >= 0.3 is 0 Å². The van der Waals surface area contributed by atoms with Gasteiger partial charge in [0.05, 0.1) is 15.5 Å². The minimum absolute atomic E-state index is 0.0212.